The number of amides is 1. The summed E-state index contributed by atoms with van der Waals surface area (Å²) < 4.78 is 0.878. The number of hydrogen-bond donors (Lipinski definition) is 2. The topological polar surface area (TPSA) is 65.2 Å². The van der Waals surface area contributed by atoms with Gasteiger partial charge in [-0.25, -0.2) is 0 Å². The molecule has 1 aromatic carbocycles. The van der Waals surface area contributed by atoms with Crippen LogP contribution < -0.4 is 10.9 Å². The second-order valence-electron chi connectivity index (χ2n) is 5.72. The van der Waals surface area contributed by atoms with Crippen molar-refractivity contribution in [3.8, 4) is 0 Å². The zero-order valence-electron chi connectivity index (χ0n) is 12.5. The van der Waals surface area contributed by atoms with Gasteiger partial charge in [-0.2, -0.15) is 0 Å². The molecule has 1 fully saturated rings. The maximum absolute atomic E-state index is 13.0. The first-order valence-electron chi connectivity index (χ1n) is 7.34. The number of pyridine rings is 1. The lowest BCUT2D eigenvalue weighted by Crippen LogP contribution is -2.57. The van der Waals surface area contributed by atoms with Crippen LogP contribution in [0, 0.1) is 0 Å². The molecule has 1 aromatic heterocycles. The van der Waals surface area contributed by atoms with Crippen molar-refractivity contribution in [2.24, 2.45) is 0 Å². The Balaban J connectivity index is 2.10. The van der Waals surface area contributed by atoms with Gasteiger partial charge in [-0.15, -0.1) is 0 Å². The normalized spacial score (nSPS) is 22.0. The summed E-state index contributed by atoms with van der Waals surface area (Å²) in [6.07, 6.45) is 0. The summed E-state index contributed by atoms with van der Waals surface area (Å²) in [6.45, 7) is 5.51. The summed E-state index contributed by atoms with van der Waals surface area (Å²) in [6, 6.07) is 7.25. The van der Waals surface area contributed by atoms with Crippen LogP contribution in [0.1, 0.15) is 24.2 Å². The number of rotatable bonds is 1. The van der Waals surface area contributed by atoms with Crippen LogP contribution in [-0.4, -0.2) is 41.0 Å². The third-order valence-corrected chi connectivity index (χ3v) is 4.82. The van der Waals surface area contributed by atoms with Crippen molar-refractivity contribution in [3.05, 3.63) is 44.7 Å². The number of piperazine rings is 1. The zero-order valence-corrected chi connectivity index (χ0v) is 14.1. The standard InChI is InChI=1S/C16H18BrN3O2/c1-9-10(2)20(6-5-18-9)16(22)13-8-15(21)19-14-4-3-11(17)7-12(13)14/h3-4,7-10,18H,5-6H2,1-2H3,(H,19,21). The maximum atomic E-state index is 13.0. The Bertz CT molecular complexity index is 787. The van der Waals surface area contributed by atoms with Crippen LogP contribution in [0.5, 0.6) is 0 Å². The highest BCUT2D eigenvalue weighted by Gasteiger charge is 2.29. The number of nitrogens with one attached hydrogen (secondary N) is 2. The zero-order chi connectivity index (χ0) is 15.9. The molecule has 1 aliphatic rings. The van der Waals surface area contributed by atoms with Crippen LogP contribution in [-0.2, 0) is 0 Å². The average Bonchev–Trinajstić information content (AvgIpc) is 2.49. The number of aromatic nitrogens is 1. The Labute approximate surface area is 136 Å². The number of H-pyrrole nitrogens is 1. The fourth-order valence-corrected chi connectivity index (χ4v) is 3.26. The van der Waals surface area contributed by atoms with Crippen molar-refractivity contribution in [2.45, 2.75) is 25.9 Å². The van der Waals surface area contributed by atoms with Gasteiger partial charge in [0.25, 0.3) is 5.91 Å². The van der Waals surface area contributed by atoms with E-state index in [9.17, 15) is 9.59 Å². The fraction of sp³-hybridized carbons (Fsp3) is 0.375. The largest absolute Gasteiger partial charge is 0.333 e. The summed E-state index contributed by atoms with van der Waals surface area (Å²) in [5.74, 6) is -0.0879. The molecule has 0 aliphatic carbocycles. The Hall–Kier alpha value is -1.66. The van der Waals surface area contributed by atoms with E-state index in [1.165, 1.54) is 6.07 Å². The summed E-state index contributed by atoms with van der Waals surface area (Å²) in [4.78, 5) is 29.5. The molecule has 1 saturated heterocycles. The molecule has 2 N–H and O–H groups in total. The molecule has 116 valence electrons. The van der Waals surface area contributed by atoms with Crippen molar-refractivity contribution < 1.29 is 4.79 Å². The number of carbonyl (C=O) groups is 1. The molecular formula is C16H18BrN3O2. The number of halogens is 1. The minimum Gasteiger partial charge on any atom is -0.333 e. The predicted octanol–water partition coefficient (Wildman–Crippen LogP) is 2.11. The van der Waals surface area contributed by atoms with Crippen LogP contribution in [0.15, 0.2) is 33.5 Å². The Morgan fingerprint density at radius 1 is 1.32 bits per heavy atom. The molecule has 2 unspecified atom stereocenters. The second kappa shape index (κ2) is 5.85. The van der Waals surface area contributed by atoms with Crippen molar-refractivity contribution in [1.29, 1.82) is 0 Å². The Morgan fingerprint density at radius 3 is 2.86 bits per heavy atom. The molecule has 2 atom stereocenters. The molecule has 0 bridgehead atoms. The van der Waals surface area contributed by atoms with E-state index in [2.05, 4.69) is 33.2 Å². The Kier molecular flexibility index (Phi) is 4.06. The van der Waals surface area contributed by atoms with Crippen LogP contribution in [0.2, 0.25) is 0 Å². The molecule has 1 aliphatic heterocycles. The van der Waals surface area contributed by atoms with Crippen LogP contribution in [0.3, 0.4) is 0 Å². The molecule has 6 heteroatoms. The Morgan fingerprint density at radius 2 is 2.09 bits per heavy atom. The maximum Gasteiger partial charge on any atom is 0.255 e. The molecule has 0 spiro atoms. The third kappa shape index (κ3) is 2.68. The first kappa shape index (κ1) is 15.2. The average molecular weight is 364 g/mol. The van der Waals surface area contributed by atoms with Gasteiger partial charge in [0.2, 0.25) is 5.56 Å². The van der Waals surface area contributed by atoms with E-state index in [4.69, 9.17) is 0 Å². The highest BCUT2D eigenvalue weighted by molar-refractivity contribution is 9.10. The van der Waals surface area contributed by atoms with Gasteiger partial charge in [0, 0.05) is 46.6 Å². The lowest BCUT2D eigenvalue weighted by Gasteiger charge is -2.38. The van der Waals surface area contributed by atoms with Gasteiger partial charge < -0.3 is 15.2 Å². The van der Waals surface area contributed by atoms with Gasteiger partial charge in [-0.3, -0.25) is 9.59 Å². The van der Waals surface area contributed by atoms with E-state index in [0.29, 0.717) is 17.6 Å². The molecule has 22 heavy (non-hydrogen) atoms. The third-order valence-electron chi connectivity index (χ3n) is 4.33. The first-order chi connectivity index (χ1) is 10.5. The number of nitrogens with zero attached hydrogens (tertiary/aromatic N) is 1. The van der Waals surface area contributed by atoms with Crippen LogP contribution in [0.25, 0.3) is 10.9 Å². The highest BCUT2D eigenvalue weighted by Crippen LogP contribution is 2.23. The fourth-order valence-electron chi connectivity index (χ4n) is 2.90. The number of fused-ring (bicyclic) bond motifs is 1. The second-order valence-corrected chi connectivity index (χ2v) is 6.63. The summed E-state index contributed by atoms with van der Waals surface area (Å²) >= 11 is 3.42. The smallest absolute Gasteiger partial charge is 0.255 e. The van der Waals surface area contributed by atoms with Gasteiger partial charge in [0.15, 0.2) is 0 Å². The molecule has 2 aromatic rings. The first-order valence-corrected chi connectivity index (χ1v) is 8.13. The lowest BCUT2D eigenvalue weighted by molar-refractivity contribution is 0.0605. The summed E-state index contributed by atoms with van der Waals surface area (Å²) in [5, 5.41) is 4.12. The van der Waals surface area contributed by atoms with Gasteiger partial charge in [-0.05, 0) is 32.0 Å². The minimum absolute atomic E-state index is 0.0859. The van der Waals surface area contributed by atoms with Crippen molar-refractivity contribution in [3.63, 3.8) is 0 Å². The number of benzene rings is 1. The van der Waals surface area contributed by atoms with E-state index in [1.54, 1.807) is 6.07 Å². The molecule has 1 amide bonds. The van der Waals surface area contributed by atoms with Gasteiger partial charge in [0.1, 0.15) is 0 Å². The minimum atomic E-state index is -0.256. The van der Waals surface area contributed by atoms with E-state index in [1.807, 2.05) is 24.0 Å². The van der Waals surface area contributed by atoms with Gasteiger partial charge in [0.05, 0.1) is 5.56 Å². The van der Waals surface area contributed by atoms with E-state index >= 15 is 0 Å². The SMILES string of the molecule is CC1NCCN(C(=O)c2cc(=O)[nH]c3ccc(Br)cc23)C1C. The molecule has 2 heterocycles. The molecule has 0 saturated carbocycles. The molecule has 5 nitrogen and oxygen atoms in total. The summed E-state index contributed by atoms with van der Waals surface area (Å²) in [7, 11) is 0. The quantitative estimate of drug-likeness (QED) is 0.815. The van der Waals surface area contributed by atoms with Crippen molar-refractivity contribution in [1.82, 2.24) is 15.2 Å². The van der Waals surface area contributed by atoms with Crippen molar-refractivity contribution >= 4 is 32.7 Å². The van der Waals surface area contributed by atoms with Crippen molar-refractivity contribution in [2.75, 3.05) is 13.1 Å². The molecule has 3 rings (SSSR count). The summed E-state index contributed by atoms with van der Waals surface area (Å²) in [5.41, 5.74) is 0.880. The lowest BCUT2D eigenvalue weighted by atomic mass is 10.0. The van der Waals surface area contributed by atoms with Gasteiger partial charge in [-0.1, -0.05) is 15.9 Å². The van der Waals surface area contributed by atoms with E-state index < -0.39 is 0 Å². The monoisotopic (exact) mass is 363 g/mol. The van der Waals surface area contributed by atoms with Crippen LogP contribution >= 0.6 is 15.9 Å². The van der Waals surface area contributed by atoms with E-state index in [-0.39, 0.29) is 23.6 Å². The van der Waals surface area contributed by atoms with Gasteiger partial charge >= 0.3 is 0 Å². The predicted molar refractivity (Wildman–Crippen MR) is 90.2 cm³/mol. The van der Waals surface area contributed by atoms with Crippen LogP contribution in [0.4, 0.5) is 0 Å². The number of aromatic amines is 1. The molecular weight excluding hydrogens is 346 g/mol. The van der Waals surface area contributed by atoms with E-state index in [0.717, 1.165) is 16.4 Å². The molecule has 0 radical (unpaired) electrons. The number of carbonyl (C=O) groups excluding carboxylic acids is 1. The number of hydrogen-bond acceptors (Lipinski definition) is 3. The highest BCUT2D eigenvalue weighted by atomic mass is 79.9.